The third-order valence-corrected chi connectivity index (χ3v) is 8.74. The maximum Gasteiger partial charge on any atom is 0.267 e. The first kappa shape index (κ1) is 24.7. The largest absolute Gasteiger partial charge is 0.342 e. The summed E-state index contributed by atoms with van der Waals surface area (Å²) in [5.41, 5.74) is 5.66. The molecule has 3 aromatic carbocycles. The van der Waals surface area contributed by atoms with Gasteiger partial charge in [-0.25, -0.2) is 4.99 Å². The highest BCUT2D eigenvalue weighted by atomic mass is 32.2. The standard InChI is InChI=1S/C33H33N3OS/c1-23-11-10-13-25(19-23)21-35-22-26(28-16-7-9-18-30(28)35)20-31-32(37)36(29-17-8-6-12-24(29)2)33(38-31)34-27-14-4-3-5-15-27/h3-5,7,9-11,13-16,18-20,22,24,29H,6,8,12,17,21H2,1-2H3/b31-20-,34-33?/t24-,29+/m0/s1. The Labute approximate surface area is 229 Å². The molecule has 4 nitrogen and oxygen atoms in total. The van der Waals surface area contributed by atoms with E-state index in [1.165, 1.54) is 34.8 Å². The Kier molecular flexibility index (Phi) is 6.94. The fraction of sp³-hybridized carbons (Fsp3) is 0.273. The molecule has 0 N–H and O–H groups in total. The Morgan fingerprint density at radius 2 is 1.76 bits per heavy atom. The summed E-state index contributed by atoms with van der Waals surface area (Å²) in [6.45, 7) is 5.20. The average Bonchev–Trinajstić information content (AvgIpc) is 3.42. The van der Waals surface area contributed by atoms with Gasteiger partial charge in [-0.15, -0.1) is 0 Å². The minimum absolute atomic E-state index is 0.0824. The van der Waals surface area contributed by atoms with Gasteiger partial charge in [0.15, 0.2) is 5.17 Å². The second kappa shape index (κ2) is 10.7. The van der Waals surface area contributed by atoms with Gasteiger partial charge in [0.1, 0.15) is 0 Å². The Morgan fingerprint density at radius 1 is 0.974 bits per heavy atom. The molecule has 2 atom stereocenters. The van der Waals surface area contributed by atoms with E-state index in [4.69, 9.17) is 4.99 Å². The number of amides is 1. The third kappa shape index (κ3) is 4.95. The molecule has 1 aliphatic carbocycles. The van der Waals surface area contributed by atoms with Gasteiger partial charge < -0.3 is 4.57 Å². The summed E-state index contributed by atoms with van der Waals surface area (Å²) in [6, 6.07) is 27.3. The van der Waals surface area contributed by atoms with Crippen LogP contribution in [0.2, 0.25) is 0 Å². The van der Waals surface area contributed by atoms with Crippen molar-refractivity contribution in [2.45, 2.75) is 52.1 Å². The second-order valence-electron chi connectivity index (χ2n) is 10.6. The Balaban J connectivity index is 1.40. The number of aliphatic imine (C=N–C) groups is 1. The van der Waals surface area contributed by atoms with Gasteiger partial charge in [0.25, 0.3) is 5.91 Å². The van der Waals surface area contributed by atoms with Gasteiger partial charge in [-0.1, -0.05) is 86.0 Å². The van der Waals surface area contributed by atoms with Crippen LogP contribution in [-0.2, 0) is 11.3 Å². The van der Waals surface area contributed by atoms with Crippen molar-refractivity contribution >= 4 is 45.5 Å². The van der Waals surface area contributed by atoms with Crippen molar-refractivity contribution in [1.29, 1.82) is 0 Å². The van der Waals surface area contributed by atoms with E-state index in [0.29, 0.717) is 5.92 Å². The molecule has 192 valence electrons. The third-order valence-electron chi connectivity index (χ3n) is 7.76. The number of carbonyl (C=O) groups excluding carboxylic acids is 1. The van der Waals surface area contributed by atoms with E-state index in [2.05, 4.69) is 79.2 Å². The maximum absolute atomic E-state index is 14.0. The van der Waals surface area contributed by atoms with E-state index in [1.54, 1.807) is 0 Å². The van der Waals surface area contributed by atoms with Crippen molar-refractivity contribution in [2.75, 3.05) is 0 Å². The maximum atomic E-state index is 14.0. The molecule has 1 amide bonds. The summed E-state index contributed by atoms with van der Waals surface area (Å²) in [5, 5.41) is 1.96. The quantitative estimate of drug-likeness (QED) is 0.249. The zero-order valence-corrected chi connectivity index (χ0v) is 22.8. The van der Waals surface area contributed by atoms with Crippen LogP contribution < -0.4 is 0 Å². The van der Waals surface area contributed by atoms with Crippen molar-refractivity contribution in [3.05, 3.63) is 107 Å². The number of hydrogen-bond donors (Lipinski definition) is 0. The molecule has 1 saturated carbocycles. The van der Waals surface area contributed by atoms with Gasteiger partial charge in [-0.3, -0.25) is 9.69 Å². The monoisotopic (exact) mass is 519 g/mol. The minimum Gasteiger partial charge on any atom is -0.342 e. The van der Waals surface area contributed by atoms with Crippen LogP contribution in [0.1, 0.15) is 49.3 Å². The highest BCUT2D eigenvalue weighted by Gasteiger charge is 2.41. The number of nitrogens with zero attached hydrogens (tertiary/aromatic N) is 3. The fourth-order valence-corrected chi connectivity index (χ4v) is 6.86. The number of amidine groups is 1. The molecule has 2 heterocycles. The van der Waals surface area contributed by atoms with Crippen molar-refractivity contribution in [2.24, 2.45) is 10.9 Å². The molecule has 2 fully saturated rings. The van der Waals surface area contributed by atoms with Crippen molar-refractivity contribution < 1.29 is 4.79 Å². The van der Waals surface area contributed by atoms with Crippen molar-refractivity contribution in [3.63, 3.8) is 0 Å². The number of thioether (sulfide) groups is 1. The fourth-order valence-electron chi connectivity index (χ4n) is 5.82. The number of aryl methyl sites for hydroxylation is 1. The lowest BCUT2D eigenvalue weighted by molar-refractivity contribution is -0.124. The van der Waals surface area contributed by atoms with E-state index in [1.807, 2.05) is 35.2 Å². The first-order valence-corrected chi connectivity index (χ1v) is 14.4. The number of rotatable bonds is 5. The van der Waals surface area contributed by atoms with Crippen LogP contribution in [0.25, 0.3) is 17.0 Å². The normalized spacial score (nSPS) is 22.2. The summed E-state index contributed by atoms with van der Waals surface area (Å²) < 4.78 is 2.29. The molecule has 5 heteroatoms. The molecule has 4 aromatic rings. The number of para-hydroxylation sites is 2. The average molecular weight is 520 g/mol. The molecule has 1 aliphatic heterocycles. The van der Waals surface area contributed by atoms with Crippen LogP contribution in [0.4, 0.5) is 5.69 Å². The summed E-state index contributed by atoms with van der Waals surface area (Å²) in [6.07, 6.45) is 8.85. The first-order valence-electron chi connectivity index (χ1n) is 13.6. The van der Waals surface area contributed by atoms with Gasteiger partial charge >= 0.3 is 0 Å². The van der Waals surface area contributed by atoms with E-state index < -0.39 is 0 Å². The molecule has 1 aromatic heterocycles. The minimum atomic E-state index is 0.0824. The number of fused-ring (bicyclic) bond motifs is 1. The van der Waals surface area contributed by atoms with Crippen LogP contribution in [0.5, 0.6) is 0 Å². The molecule has 6 rings (SSSR count). The van der Waals surface area contributed by atoms with E-state index in [-0.39, 0.29) is 11.9 Å². The molecule has 0 bridgehead atoms. The number of aromatic nitrogens is 1. The van der Waals surface area contributed by atoms with E-state index in [9.17, 15) is 4.79 Å². The number of hydrogen-bond acceptors (Lipinski definition) is 3. The highest BCUT2D eigenvalue weighted by molar-refractivity contribution is 8.18. The van der Waals surface area contributed by atoms with Gasteiger partial charge in [-0.2, -0.15) is 0 Å². The van der Waals surface area contributed by atoms with Gasteiger partial charge in [0.2, 0.25) is 0 Å². The van der Waals surface area contributed by atoms with Gasteiger partial charge in [0.05, 0.1) is 10.6 Å². The van der Waals surface area contributed by atoms with Crippen LogP contribution in [0, 0.1) is 12.8 Å². The van der Waals surface area contributed by atoms with Crippen LogP contribution in [0.15, 0.2) is 95.0 Å². The molecule has 1 saturated heterocycles. The molecule has 0 spiro atoms. The predicted molar refractivity (Wildman–Crippen MR) is 160 cm³/mol. The topological polar surface area (TPSA) is 37.6 Å². The Hall–Kier alpha value is -3.57. The van der Waals surface area contributed by atoms with Crippen LogP contribution in [-0.4, -0.2) is 26.6 Å². The first-order chi connectivity index (χ1) is 18.6. The lowest BCUT2D eigenvalue weighted by Gasteiger charge is -2.35. The molecule has 0 unspecified atom stereocenters. The SMILES string of the molecule is Cc1cccc(Cn2cc(/C=C3\SC(=Nc4ccccc4)N([C@@H]4CCCC[C@@H]4C)C3=O)c3ccccc32)c1. The molecule has 2 aliphatic rings. The number of carbonyl (C=O) groups is 1. The van der Waals surface area contributed by atoms with E-state index >= 15 is 0 Å². The molecular weight excluding hydrogens is 486 g/mol. The molecule has 38 heavy (non-hydrogen) atoms. The predicted octanol–water partition coefficient (Wildman–Crippen LogP) is 8.18. The Morgan fingerprint density at radius 3 is 2.58 bits per heavy atom. The summed E-state index contributed by atoms with van der Waals surface area (Å²) in [4.78, 5) is 21.7. The lowest BCUT2D eigenvalue weighted by Crippen LogP contribution is -2.44. The van der Waals surface area contributed by atoms with Crippen molar-refractivity contribution in [1.82, 2.24) is 9.47 Å². The van der Waals surface area contributed by atoms with Crippen molar-refractivity contribution in [3.8, 4) is 0 Å². The summed E-state index contributed by atoms with van der Waals surface area (Å²) >= 11 is 1.51. The summed E-state index contributed by atoms with van der Waals surface area (Å²) in [7, 11) is 0. The van der Waals surface area contributed by atoms with Gasteiger partial charge in [-0.05, 0) is 67.3 Å². The zero-order chi connectivity index (χ0) is 26.1. The molecule has 0 radical (unpaired) electrons. The molecular formula is C33H33N3OS. The smallest absolute Gasteiger partial charge is 0.267 e. The van der Waals surface area contributed by atoms with Gasteiger partial charge in [0, 0.05) is 35.2 Å². The zero-order valence-electron chi connectivity index (χ0n) is 22.0. The lowest BCUT2D eigenvalue weighted by atomic mass is 9.85. The van der Waals surface area contributed by atoms with Crippen LogP contribution >= 0.6 is 11.8 Å². The Bertz CT molecular complexity index is 1530. The van der Waals surface area contributed by atoms with E-state index in [0.717, 1.165) is 52.5 Å². The summed E-state index contributed by atoms with van der Waals surface area (Å²) in [5.74, 6) is 0.545. The van der Waals surface area contributed by atoms with Crippen LogP contribution in [0.3, 0.4) is 0 Å². The highest BCUT2D eigenvalue weighted by Crippen LogP contribution is 2.40. The second-order valence-corrected chi connectivity index (χ2v) is 11.6. The number of benzene rings is 3.